The number of aldehydes is 1. The van der Waals surface area contributed by atoms with E-state index in [0.29, 0.717) is 27.0 Å². The molecule has 10 N–H and O–H groups in total. The van der Waals surface area contributed by atoms with E-state index < -0.39 is 159 Å². The molecule has 8 rings (SSSR count). The zero-order valence-electron chi connectivity index (χ0n) is 45.0. The number of alkyl halides is 3. The largest absolute Gasteiger partial charge is 0.478 e. The molecule has 0 spiro atoms. The lowest BCUT2D eigenvalue weighted by molar-refractivity contribution is -0.220. The van der Waals surface area contributed by atoms with Crippen LogP contribution in [0.4, 0.5) is 17.6 Å². The quantitative estimate of drug-likeness (QED) is 0.00521. The number of pyridine rings is 2. The number of nitrogens with one attached hydrogen (secondary N) is 7. The van der Waals surface area contributed by atoms with Gasteiger partial charge in [-0.1, -0.05) is 37.3 Å². The van der Waals surface area contributed by atoms with Crippen LogP contribution in [-0.2, 0) is 93.8 Å². The predicted octanol–water partition coefficient (Wildman–Crippen LogP) is -0.931. The van der Waals surface area contributed by atoms with E-state index in [2.05, 4.69) is 31.9 Å². The number of hydrogen-bond donors (Lipinski definition) is 10. The first kappa shape index (κ1) is 61.5. The summed E-state index contributed by atoms with van der Waals surface area (Å²) in [6.45, 7) is -2.47. The Hall–Kier alpha value is -9.62. The molecule has 0 radical (unpaired) electrons. The van der Waals surface area contributed by atoms with Crippen LogP contribution in [0.15, 0.2) is 71.1 Å². The number of amides is 8. The summed E-state index contributed by atoms with van der Waals surface area (Å²) in [5, 5.41) is 45.8. The zero-order chi connectivity index (χ0) is 61.7. The molecule has 85 heavy (non-hydrogen) atoms. The summed E-state index contributed by atoms with van der Waals surface area (Å²) in [7, 11) is 0. The van der Waals surface area contributed by atoms with Crippen LogP contribution >= 0.6 is 0 Å². The Morgan fingerprint density at radius 1 is 0.882 bits per heavy atom. The third-order valence-corrected chi connectivity index (χ3v) is 14.4. The van der Waals surface area contributed by atoms with Crippen molar-refractivity contribution in [2.75, 3.05) is 39.6 Å². The van der Waals surface area contributed by atoms with Gasteiger partial charge in [0.15, 0.2) is 11.9 Å². The van der Waals surface area contributed by atoms with Crippen LogP contribution in [0.3, 0.4) is 0 Å². The molecule has 31 heteroatoms. The minimum Gasteiger partial charge on any atom is -0.478 e. The molecule has 4 aliphatic rings. The summed E-state index contributed by atoms with van der Waals surface area (Å²) in [5.41, 5.74) is -0.795. The monoisotopic (exact) mass is 1190 g/mol. The number of carbonyl (C=O) groups is 10. The second kappa shape index (κ2) is 25.5. The normalized spacial score (nSPS) is 17.5. The van der Waals surface area contributed by atoms with E-state index >= 15 is 4.39 Å². The number of carbonyl (C=O) groups excluding carboxylic acids is 10. The Morgan fingerprint density at radius 2 is 1.55 bits per heavy atom. The maximum Gasteiger partial charge on any atom is 0.423 e. The minimum atomic E-state index is -5.37. The van der Waals surface area contributed by atoms with Gasteiger partial charge in [0, 0.05) is 47.7 Å². The number of esters is 1. The van der Waals surface area contributed by atoms with Gasteiger partial charge in [0.25, 0.3) is 23.3 Å². The first-order chi connectivity index (χ1) is 40.4. The van der Waals surface area contributed by atoms with Crippen LogP contribution in [0.1, 0.15) is 64.8 Å². The SMILES string of the molecule is CC[C@@]1(O)C(=O)OCc2c1cc1n(c2=O)Cc2c-1nc1cc(F)c(C)c3c1c2[C@@H](NC(=O)[C@@H](OCNC(=O)CNC(=O)[C@H](Cc1ccccc1)NC(=O)CNC(=O)CNC(=O)[C@H](CNCOC(C=O)=C(O)O)N1C(=O)C=CC1=O)C(F)(F)F)CC3. The third-order valence-electron chi connectivity index (χ3n) is 14.4. The number of aromatic nitrogens is 2. The predicted molar refractivity (Wildman–Crippen MR) is 281 cm³/mol. The van der Waals surface area contributed by atoms with Crippen LogP contribution in [0.2, 0.25) is 0 Å². The number of imide groups is 1. The lowest BCUT2D eigenvalue weighted by Crippen LogP contribution is -2.56. The molecule has 5 heterocycles. The van der Waals surface area contributed by atoms with Gasteiger partial charge in [0.05, 0.1) is 54.7 Å². The molecule has 0 bridgehead atoms. The first-order valence-corrected chi connectivity index (χ1v) is 26.0. The Kier molecular flexibility index (Phi) is 18.4. The number of allylic oxidation sites excluding steroid dienone is 1. The lowest BCUT2D eigenvalue weighted by atomic mass is 9.81. The van der Waals surface area contributed by atoms with E-state index in [1.165, 1.54) is 24.5 Å². The Bertz CT molecular complexity index is 3540. The summed E-state index contributed by atoms with van der Waals surface area (Å²) >= 11 is 0. The molecule has 4 aromatic rings. The average molecular weight is 1190 g/mol. The highest BCUT2D eigenvalue weighted by molar-refractivity contribution is 6.15. The Morgan fingerprint density at radius 3 is 2.21 bits per heavy atom. The topological polar surface area (TPSA) is 381 Å². The summed E-state index contributed by atoms with van der Waals surface area (Å²) in [5.74, 6) is -12.5. The van der Waals surface area contributed by atoms with Crippen LogP contribution in [0, 0.1) is 12.7 Å². The number of ether oxygens (including phenoxy) is 3. The Labute approximate surface area is 477 Å². The smallest absolute Gasteiger partial charge is 0.423 e. The van der Waals surface area contributed by atoms with Crippen molar-refractivity contribution in [3.05, 3.63) is 121 Å². The molecular weight excluding hydrogens is 1140 g/mol. The maximum absolute atomic E-state index is 15.4. The van der Waals surface area contributed by atoms with Crippen LogP contribution in [0.25, 0.3) is 22.3 Å². The molecule has 8 amide bonds. The second-order valence-corrected chi connectivity index (χ2v) is 19.7. The molecule has 27 nitrogen and oxygen atoms in total. The van der Waals surface area contributed by atoms with Crippen molar-refractivity contribution < 1.29 is 95.0 Å². The molecule has 0 saturated carbocycles. The summed E-state index contributed by atoms with van der Waals surface area (Å²) in [6.07, 6.45) is -7.15. The van der Waals surface area contributed by atoms with Crippen molar-refractivity contribution >= 4 is 70.4 Å². The van der Waals surface area contributed by atoms with E-state index in [1.807, 2.05) is 5.32 Å². The van der Waals surface area contributed by atoms with Crippen molar-refractivity contribution in [3.63, 3.8) is 0 Å². The fraction of sp³-hybridized carbons (Fsp3) is 0.370. The molecule has 1 aliphatic carbocycles. The lowest BCUT2D eigenvalue weighted by Gasteiger charge is -2.31. The van der Waals surface area contributed by atoms with Crippen LogP contribution < -0.4 is 42.8 Å². The van der Waals surface area contributed by atoms with Gasteiger partial charge < -0.3 is 66.0 Å². The van der Waals surface area contributed by atoms with Gasteiger partial charge in [-0.2, -0.15) is 13.2 Å². The van der Waals surface area contributed by atoms with E-state index in [-0.39, 0.29) is 77.7 Å². The van der Waals surface area contributed by atoms with E-state index in [4.69, 9.17) is 29.4 Å². The zero-order valence-corrected chi connectivity index (χ0v) is 45.0. The molecule has 0 unspecified atom stereocenters. The second-order valence-electron chi connectivity index (χ2n) is 19.7. The van der Waals surface area contributed by atoms with E-state index in [1.54, 1.807) is 30.3 Å². The number of hydrogen-bond acceptors (Lipinski definition) is 19. The number of benzene rings is 2. The number of aliphatic hydroxyl groups excluding tert-OH is 1. The highest BCUT2D eigenvalue weighted by Gasteiger charge is 2.49. The van der Waals surface area contributed by atoms with Crippen molar-refractivity contribution in [1.29, 1.82) is 0 Å². The molecule has 0 saturated heterocycles. The van der Waals surface area contributed by atoms with Gasteiger partial charge in [-0.15, -0.1) is 0 Å². The fourth-order valence-electron chi connectivity index (χ4n) is 10.2. The van der Waals surface area contributed by atoms with E-state index in [9.17, 15) is 71.0 Å². The molecule has 0 fully saturated rings. The molecule has 2 aromatic carbocycles. The van der Waals surface area contributed by atoms with Crippen molar-refractivity contribution in [2.24, 2.45) is 0 Å². The molecule has 2 aromatic heterocycles. The number of nitrogens with zero attached hydrogens (tertiary/aromatic N) is 3. The van der Waals surface area contributed by atoms with Crippen molar-refractivity contribution in [1.82, 2.24) is 51.7 Å². The van der Waals surface area contributed by atoms with Crippen molar-refractivity contribution in [3.8, 4) is 11.4 Å². The number of cyclic esters (lactones) is 1. The third kappa shape index (κ3) is 13.1. The highest BCUT2D eigenvalue weighted by Crippen LogP contribution is 2.46. The van der Waals surface area contributed by atoms with Gasteiger partial charge in [-0.3, -0.25) is 58.2 Å². The molecule has 3 aliphatic heterocycles. The minimum absolute atomic E-state index is 0.00585. The Balaban J connectivity index is 0.872. The number of rotatable bonds is 24. The summed E-state index contributed by atoms with van der Waals surface area (Å²) in [6, 6.07) is 6.39. The van der Waals surface area contributed by atoms with Gasteiger partial charge in [-0.25, -0.2) is 14.2 Å². The number of aliphatic hydroxyl groups is 3. The number of aryl methyl sites for hydroxylation is 1. The molecule has 450 valence electrons. The highest BCUT2D eigenvalue weighted by atomic mass is 19.4. The summed E-state index contributed by atoms with van der Waals surface area (Å²) in [4.78, 5) is 147. The standard InChI is InChI=1S/C54H54F4N10O17/c1-3-53(82)30-14-35-45-28(20-67(35)50(78)29(30)22-83-52(53)81)44-32(10-9-27-25(2)31(55)15-33(65-45)43(27)44)66-49(77)46(54(56,57)58)85-24-63-39(71)18-61-47(75)34(13-26-7-5-4-6-8-26)64-40(72)19-60-38(70)17-62-48(76)36(68-41(73)11-12-42(68)74)16-59-23-84-37(21-69)51(79)80/h4-8,11-12,14-15,21,32,34,36,46,59,79-80,82H,3,9-10,13,16-20,22-24H2,1-2H3,(H,60,70)(H,61,75)(H,62,76)(H,63,71)(H,64,72)(H,66,77)/t32-,34-,36-,46+,53-/m0/s1. The molecule has 5 atom stereocenters. The van der Waals surface area contributed by atoms with Crippen LogP contribution in [0.5, 0.6) is 0 Å². The van der Waals surface area contributed by atoms with Gasteiger partial charge >= 0.3 is 18.1 Å². The average Bonchev–Trinajstić information content (AvgIpc) is 1.69. The van der Waals surface area contributed by atoms with Crippen LogP contribution in [-0.4, -0.2) is 153 Å². The fourth-order valence-corrected chi connectivity index (χ4v) is 10.2. The number of fused-ring (bicyclic) bond motifs is 5. The van der Waals surface area contributed by atoms with Crippen molar-refractivity contribution in [2.45, 2.75) is 88.7 Å². The first-order valence-electron chi connectivity index (χ1n) is 26.0. The maximum atomic E-state index is 15.4. The molecular formula is C54H54F4N10O17. The van der Waals surface area contributed by atoms with Gasteiger partial charge in [0.2, 0.25) is 41.4 Å². The van der Waals surface area contributed by atoms with E-state index in [0.717, 1.165) is 18.2 Å². The number of halogens is 4. The van der Waals surface area contributed by atoms with Gasteiger partial charge in [0.1, 0.15) is 38.0 Å². The summed E-state index contributed by atoms with van der Waals surface area (Å²) < 4.78 is 75.7. The van der Waals surface area contributed by atoms with Gasteiger partial charge in [-0.05, 0) is 54.5 Å².